The van der Waals surface area contributed by atoms with Crippen molar-refractivity contribution < 1.29 is 4.79 Å². The molecule has 0 bridgehead atoms. The summed E-state index contributed by atoms with van der Waals surface area (Å²) >= 11 is 1.85. The molecule has 3 saturated heterocycles. The van der Waals surface area contributed by atoms with Gasteiger partial charge < -0.3 is 15.1 Å². The largest absolute Gasteiger partial charge is 0.339 e. The van der Waals surface area contributed by atoms with E-state index in [1.54, 1.807) is 0 Å². The highest BCUT2D eigenvalue weighted by Crippen LogP contribution is 2.23. The molecule has 32 heavy (non-hydrogen) atoms. The van der Waals surface area contributed by atoms with Gasteiger partial charge in [-0.25, -0.2) is 4.98 Å². The van der Waals surface area contributed by atoms with Crippen LogP contribution in [0.1, 0.15) is 6.42 Å². The van der Waals surface area contributed by atoms with E-state index in [1.165, 1.54) is 0 Å². The summed E-state index contributed by atoms with van der Waals surface area (Å²) in [4.78, 5) is 24.2. The quantitative estimate of drug-likeness (QED) is 0.667. The molecule has 3 aliphatic heterocycles. The first kappa shape index (κ1) is 27.1. The molecule has 0 radical (unpaired) electrons. The molecule has 11 heteroatoms. The Morgan fingerprint density at radius 3 is 2.47 bits per heavy atom. The number of piperazine rings is 1. The highest BCUT2D eigenvalue weighted by molar-refractivity contribution is 7.99. The molecule has 1 amide bonds. The number of carbonyl (C=O) groups is 1. The number of anilines is 1. The highest BCUT2D eigenvalue weighted by Gasteiger charge is 2.36. The van der Waals surface area contributed by atoms with Gasteiger partial charge in [0, 0.05) is 69.1 Å². The van der Waals surface area contributed by atoms with Crippen molar-refractivity contribution in [1.82, 2.24) is 24.7 Å². The molecule has 7 nitrogen and oxygen atoms in total. The predicted octanol–water partition coefficient (Wildman–Crippen LogP) is 2.52. The zero-order valence-corrected chi connectivity index (χ0v) is 21.1. The molecule has 0 aliphatic carbocycles. The second-order valence-electron chi connectivity index (χ2n) is 7.95. The number of amides is 1. The third-order valence-electron chi connectivity index (χ3n) is 6.24. The smallest absolute Gasteiger partial charge is 0.240 e. The molecule has 0 saturated carbocycles. The van der Waals surface area contributed by atoms with E-state index in [-0.39, 0.29) is 43.3 Å². The molecule has 2 atom stereocenters. The van der Waals surface area contributed by atoms with Crippen molar-refractivity contribution in [3.8, 4) is 5.69 Å². The summed E-state index contributed by atoms with van der Waals surface area (Å²) in [5, 5.41) is 3.48. The number of aromatic nitrogens is 2. The molecule has 5 rings (SSSR count). The van der Waals surface area contributed by atoms with E-state index in [4.69, 9.17) is 0 Å². The number of hydrogen-bond donors (Lipinski definition) is 1. The lowest BCUT2D eigenvalue weighted by molar-refractivity contribution is -0.131. The van der Waals surface area contributed by atoms with Gasteiger partial charge >= 0.3 is 0 Å². The van der Waals surface area contributed by atoms with Gasteiger partial charge in [-0.05, 0) is 18.6 Å². The summed E-state index contributed by atoms with van der Waals surface area (Å²) in [6, 6.07) is 10.8. The van der Waals surface area contributed by atoms with Crippen LogP contribution in [0.5, 0.6) is 0 Å². The number of nitrogens with one attached hydrogen (secondary N) is 1. The zero-order chi connectivity index (χ0) is 19.6. The van der Waals surface area contributed by atoms with Gasteiger partial charge in [-0.15, -0.1) is 49.0 Å². The number of nitrogens with zero attached hydrogens (tertiary/aromatic N) is 5. The third kappa shape index (κ3) is 5.66. The lowest BCUT2D eigenvalue weighted by Gasteiger charge is -2.38. The van der Waals surface area contributed by atoms with E-state index in [0.717, 1.165) is 69.0 Å². The van der Waals surface area contributed by atoms with E-state index in [1.807, 2.05) is 35.1 Å². The number of carbonyl (C=O) groups excluding carboxylic acids is 1. The fourth-order valence-corrected chi connectivity index (χ4v) is 5.55. The molecule has 2 aromatic rings. The number of hydrogen-bond acceptors (Lipinski definition) is 6. The zero-order valence-electron chi connectivity index (χ0n) is 17.8. The van der Waals surface area contributed by atoms with Crippen LogP contribution in [0.4, 0.5) is 5.95 Å². The molecule has 0 unspecified atom stereocenters. The molecule has 178 valence electrons. The van der Waals surface area contributed by atoms with E-state index in [0.29, 0.717) is 11.9 Å². The number of para-hydroxylation sites is 1. The molecule has 3 aliphatic rings. The minimum absolute atomic E-state index is 0. The Morgan fingerprint density at radius 1 is 1.03 bits per heavy atom. The van der Waals surface area contributed by atoms with Crippen molar-refractivity contribution in [1.29, 1.82) is 0 Å². The molecule has 4 heterocycles. The summed E-state index contributed by atoms with van der Waals surface area (Å²) in [6.45, 7) is 5.75. The van der Waals surface area contributed by atoms with Crippen LogP contribution in [0.2, 0.25) is 0 Å². The Kier molecular flexibility index (Phi) is 10.4. The fourth-order valence-electron chi connectivity index (χ4n) is 4.60. The van der Waals surface area contributed by atoms with Gasteiger partial charge in [0.15, 0.2) is 0 Å². The minimum Gasteiger partial charge on any atom is -0.339 e. The van der Waals surface area contributed by atoms with Gasteiger partial charge in [0.1, 0.15) is 0 Å². The molecule has 1 N–H and O–H groups in total. The molecule has 0 spiro atoms. The first-order chi connectivity index (χ1) is 14.3. The SMILES string of the molecule is Cl.Cl.Cl.O=C([C@@H]1C[C@H](N2CCN(c3nccn3-c3ccccc3)CC2)CN1)N1CCSC1. The van der Waals surface area contributed by atoms with Gasteiger partial charge in [-0.1, -0.05) is 18.2 Å². The van der Waals surface area contributed by atoms with Gasteiger partial charge in [0.2, 0.25) is 11.9 Å². The molecular weight excluding hydrogens is 491 g/mol. The van der Waals surface area contributed by atoms with Crippen molar-refractivity contribution in [3.63, 3.8) is 0 Å². The Labute approximate surface area is 212 Å². The summed E-state index contributed by atoms with van der Waals surface area (Å²) in [5.41, 5.74) is 1.14. The summed E-state index contributed by atoms with van der Waals surface area (Å²) in [7, 11) is 0. The second-order valence-corrected chi connectivity index (χ2v) is 9.02. The molecule has 1 aromatic heterocycles. The van der Waals surface area contributed by atoms with E-state index in [9.17, 15) is 4.79 Å². The van der Waals surface area contributed by atoms with E-state index < -0.39 is 0 Å². The van der Waals surface area contributed by atoms with Gasteiger partial charge in [0.05, 0.1) is 11.9 Å². The van der Waals surface area contributed by atoms with E-state index >= 15 is 0 Å². The van der Waals surface area contributed by atoms with Crippen LogP contribution in [0.3, 0.4) is 0 Å². The second kappa shape index (κ2) is 12.3. The Morgan fingerprint density at radius 2 is 1.78 bits per heavy atom. The van der Waals surface area contributed by atoms with Crippen LogP contribution in [0, 0.1) is 0 Å². The Balaban J connectivity index is 0.00000121. The minimum atomic E-state index is -0.00583. The van der Waals surface area contributed by atoms with Gasteiger partial charge in [-0.2, -0.15) is 0 Å². The topological polar surface area (TPSA) is 56.6 Å². The van der Waals surface area contributed by atoms with Crippen molar-refractivity contribution in [3.05, 3.63) is 42.7 Å². The maximum Gasteiger partial charge on any atom is 0.240 e. The normalized spacial score (nSPS) is 23.2. The summed E-state index contributed by atoms with van der Waals surface area (Å²) in [5.74, 6) is 3.23. The number of benzene rings is 1. The van der Waals surface area contributed by atoms with Crippen LogP contribution in [0.15, 0.2) is 42.7 Å². The van der Waals surface area contributed by atoms with Crippen LogP contribution in [0.25, 0.3) is 5.69 Å². The van der Waals surface area contributed by atoms with Crippen molar-refractivity contribution in [2.75, 3.05) is 55.8 Å². The Hall–Kier alpha value is -1.16. The van der Waals surface area contributed by atoms with Crippen LogP contribution >= 0.6 is 49.0 Å². The number of halogens is 3. The maximum atomic E-state index is 12.7. The number of thioether (sulfide) groups is 1. The molecule has 1 aromatic carbocycles. The van der Waals surface area contributed by atoms with Crippen molar-refractivity contribution >= 4 is 60.8 Å². The van der Waals surface area contributed by atoms with E-state index in [2.05, 4.69) is 48.9 Å². The van der Waals surface area contributed by atoms with Gasteiger partial charge in [-0.3, -0.25) is 14.3 Å². The van der Waals surface area contributed by atoms with Crippen LogP contribution < -0.4 is 10.2 Å². The monoisotopic (exact) mass is 520 g/mol. The number of rotatable bonds is 4. The van der Waals surface area contributed by atoms with Crippen LogP contribution in [-0.2, 0) is 4.79 Å². The van der Waals surface area contributed by atoms with Gasteiger partial charge in [0.25, 0.3) is 0 Å². The lowest BCUT2D eigenvalue weighted by atomic mass is 10.1. The predicted molar refractivity (Wildman–Crippen MR) is 138 cm³/mol. The standard InChI is InChI=1S/C21H28N6OS.3ClH/c28-20(26-12-13-29-16-26)19-14-18(15-23-19)24-8-10-25(11-9-24)21-22-6-7-27(21)17-4-2-1-3-5-17;;;/h1-7,18-19,23H,8-16H2;3*1H/t18-,19-;;;/m0.../s1. The first-order valence-electron chi connectivity index (χ1n) is 10.5. The highest BCUT2D eigenvalue weighted by atomic mass is 35.5. The Bertz CT molecular complexity index is 843. The lowest BCUT2D eigenvalue weighted by Crippen LogP contribution is -2.51. The van der Waals surface area contributed by atoms with Crippen LogP contribution in [-0.4, -0.2) is 88.2 Å². The summed E-state index contributed by atoms with van der Waals surface area (Å²) in [6.07, 6.45) is 4.84. The van der Waals surface area contributed by atoms with Crippen molar-refractivity contribution in [2.45, 2.75) is 18.5 Å². The first-order valence-corrected chi connectivity index (χ1v) is 11.6. The molecular formula is C21H31Cl3N6OS. The third-order valence-corrected chi connectivity index (χ3v) is 7.20. The van der Waals surface area contributed by atoms with Crippen molar-refractivity contribution in [2.24, 2.45) is 0 Å². The fraction of sp³-hybridized carbons (Fsp3) is 0.524. The molecule has 3 fully saturated rings. The number of imidazole rings is 1. The average molecular weight is 522 g/mol. The maximum absolute atomic E-state index is 12.7. The summed E-state index contributed by atoms with van der Waals surface area (Å²) < 4.78 is 2.16. The average Bonchev–Trinajstić information content (AvgIpc) is 3.56.